The lowest BCUT2D eigenvalue weighted by molar-refractivity contribution is -0.385. The minimum Gasteiger partial charge on any atom is -0.450 e. The molecule has 0 aliphatic carbocycles. The quantitative estimate of drug-likeness (QED) is 0.647. The standard InChI is InChI=1S/C16H15N3O5/c1-10(20)18-12-4-6-13(7-5-12)24-15-8-3-11(16(21)17-2)9-14(15)19(22)23/h3-9H,1-2H3,(H,17,21)(H,18,20). The molecule has 24 heavy (non-hydrogen) atoms. The predicted molar refractivity (Wildman–Crippen MR) is 87.3 cm³/mol. The van der Waals surface area contributed by atoms with Crippen LogP contribution in [0.3, 0.4) is 0 Å². The van der Waals surface area contributed by atoms with E-state index in [0.29, 0.717) is 11.4 Å². The number of nitro benzene ring substituents is 1. The van der Waals surface area contributed by atoms with E-state index >= 15 is 0 Å². The number of nitro groups is 1. The van der Waals surface area contributed by atoms with Crippen molar-refractivity contribution in [3.8, 4) is 11.5 Å². The van der Waals surface area contributed by atoms with Crippen LogP contribution in [0, 0.1) is 10.1 Å². The summed E-state index contributed by atoms with van der Waals surface area (Å²) in [6, 6.07) is 10.3. The summed E-state index contributed by atoms with van der Waals surface area (Å²) in [4.78, 5) is 33.1. The van der Waals surface area contributed by atoms with Crippen molar-refractivity contribution >= 4 is 23.2 Å². The molecule has 0 aliphatic rings. The van der Waals surface area contributed by atoms with Crippen molar-refractivity contribution in [1.29, 1.82) is 0 Å². The molecule has 8 nitrogen and oxygen atoms in total. The summed E-state index contributed by atoms with van der Waals surface area (Å²) in [7, 11) is 1.44. The van der Waals surface area contributed by atoms with Crippen LogP contribution in [-0.2, 0) is 4.79 Å². The van der Waals surface area contributed by atoms with Crippen molar-refractivity contribution in [3.05, 3.63) is 58.1 Å². The molecule has 0 bridgehead atoms. The molecule has 0 aromatic heterocycles. The maximum atomic E-state index is 11.6. The van der Waals surface area contributed by atoms with Gasteiger partial charge < -0.3 is 15.4 Å². The molecule has 2 amide bonds. The molecule has 0 saturated carbocycles. The molecule has 2 rings (SSSR count). The Labute approximate surface area is 137 Å². The number of nitrogens with zero attached hydrogens (tertiary/aromatic N) is 1. The van der Waals surface area contributed by atoms with Gasteiger partial charge in [-0.3, -0.25) is 19.7 Å². The highest BCUT2D eigenvalue weighted by atomic mass is 16.6. The van der Waals surface area contributed by atoms with Crippen LogP contribution in [0.1, 0.15) is 17.3 Å². The van der Waals surface area contributed by atoms with E-state index < -0.39 is 10.8 Å². The Bertz CT molecular complexity index is 787. The van der Waals surface area contributed by atoms with E-state index in [2.05, 4.69) is 10.6 Å². The lowest BCUT2D eigenvalue weighted by Crippen LogP contribution is -2.17. The molecule has 0 fully saturated rings. The van der Waals surface area contributed by atoms with Crippen molar-refractivity contribution in [2.75, 3.05) is 12.4 Å². The number of nitrogens with one attached hydrogen (secondary N) is 2. The molecule has 0 heterocycles. The minimum atomic E-state index is -0.618. The Hall–Kier alpha value is -3.42. The second-order valence-corrected chi connectivity index (χ2v) is 4.83. The SMILES string of the molecule is CNC(=O)c1ccc(Oc2ccc(NC(C)=O)cc2)c([N+](=O)[O-])c1. The first-order chi connectivity index (χ1) is 11.4. The molecule has 0 saturated heterocycles. The van der Waals surface area contributed by atoms with Gasteiger partial charge in [-0.2, -0.15) is 0 Å². The smallest absolute Gasteiger partial charge is 0.312 e. The average Bonchev–Trinajstić information content (AvgIpc) is 2.55. The largest absolute Gasteiger partial charge is 0.450 e. The monoisotopic (exact) mass is 329 g/mol. The topological polar surface area (TPSA) is 111 Å². The molecule has 0 aliphatic heterocycles. The van der Waals surface area contributed by atoms with Crippen LogP contribution in [0.4, 0.5) is 11.4 Å². The number of rotatable bonds is 5. The van der Waals surface area contributed by atoms with Gasteiger partial charge in [0.25, 0.3) is 5.91 Å². The van der Waals surface area contributed by atoms with E-state index in [1.54, 1.807) is 24.3 Å². The van der Waals surface area contributed by atoms with Crippen molar-refractivity contribution < 1.29 is 19.2 Å². The van der Waals surface area contributed by atoms with E-state index in [1.807, 2.05) is 0 Å². The van der Waals surface area contributed by atoms with Crippen LogP contribution in [0.5, 0.6) is 11.5 Å². The second kappa shape index (κ2) is 7.23. The summed E-state index contributed by atoms with van der Waals surface area (Å²) < 4.78 is 5.51. The Morgan fingerprint density at radius 1 is 1.12 bits per heavy atom. The number of carbonyl (C=O) groups excluding carboxylic acids is 2. The third-order valence-corrected chi connectivity index (χ3v) is 3.05. The molecule has 124 valence electrons. The van der Waals surface area contributed by atoms with Gasteiger partial charge in [-0.15, -0.1) is 0 Å². The second-order valence-electron chi connectivity index (χ2n) is 4.83. The summed E-state index contributed by atoms with van der Waals surface area (Å²) >= 11 is 0. The van der Waals surface area contributed by atoms with E-state index in [4.69, 9.17) is 4.74 Å². The van der Waals surface area contributed by atoms with Gasteiger partial charge in [0.1, 0.15) is 5.75 Å². The third-order valence-electron chi connectivity index (χ3n) is 3.05. The highest BCUT2D eigenvalue weighted by Crippen LogP contribution is 2.32. The number of benzene rings is 2. The van der Waals surface area contributed by atoms with E-state index in [9.17, 15) is 19.7 Å². The molecule has 2 aromatic carbocycles. The first kappa shape index (κ1) is 16.9. The Morgan fingerprint density at radius 2 is 1.79 bits per heavy atom. The number of hydrogen-bond donors (Lipinski definition) is 2. The number of anilines is 1. The fourth-order valence-electron chi connectivity index (χ4n) is 1.97. The van der Waals surface area contributed by atoms with Gasteiger partial charge >= 0.3 is 5.69 Å². The lowest BCUT2D eigenvalue weighted by Gasteiger charge is -2.08. The number of amides is 2. The van der Waals surface area contributed by atoms with Crippen molar-refractivity contribution in [3.63, 3.8) is 0 Å². The fourth-order valence-corrected chi connectivity index (χ4v) is 1.97. The summed E-state index contributed by atoms with van der Waals surface area (Å²) in [5.41, 5.74) is 0.430. The van der Waals surface area contributed by atoms with Crippen LogP contribution < -0.4 is 15.4 Å². The van der Waals surface area contributed by atoms with Crippen molar-refractivity contribution in [1.82, 2.24) is 5.32 Å². The highest BCUT2D eigenvalue weighted by Gasteiger charge is 2.19. The zero-order valence-electron chi connectivity index (χ0n) is 13.0. The number of carbonyl (C=O) groups is 2. The molecule has 2 N–H and O–H groups in total. The van der Waals surface area contributed by atoms with Gasteiger partial charge in [-0.1, -0.05) is 0 Å². The first-order valence-corrected chi connectivity index (χ1v) is 6.96. The summed E-state index contributed by atoms with van der Waals surface area (Å²) in [6.45, 7) is 1.39. The zero-order valence-corrected chi connectivity index (χ0v) is 13.0. The van der Waals surface area contributed by atoms with Crippen molar-refractivity contribution in [2.45, 2.75) is 6.92 Å². The van der Waals surface area contributed by atoms with Crippen molar-refractivity contribution in [2.24, 2.45) is 0 Å². The van der Waals surface area contributed by atoms with E-state index in [1.165, 1.54) is 26.1 Å². The van der Waals surface area contributed by atoms with Gasteiger partial charge in [0.05, 0.1) is 4.92 Å². The van der Waals surface area contributed by atoms with Crippen LogP contribution in [0.15, 0.2) is 42.5 Å². The van der Waals surface area contributed by atoms with E-state index in [-0.39, 0.29) is 22.9 Å². The summed E-state index contributed by atoms with van der Waals surface area (Å²) in [5.74, 6) is -0.256. The lowest BCUT2D eigenvalue weighted by atomic mass is 10.1. The molecule has 0 atom stereocenters. The van der Waals surface area contributed by atoms with Gasteiger partial charge in [-0.25, -0.2) is 0 Å². The predicted octanol–water partition coefficient (Wildman–Crippen LogP) is 2.71. The fraction of sp³-hybridized carbons (Fsp3) is 0.125. The normalized spacial score (nSPS) is 9.92. The third kappa shape index (κ3) is 4.07. The Kier molecular flexibility index (Phi) is 5.10. The highest BCUT2D eigenvalue weighted by molar-refractivity contribution is 5.95. The van der Waals surface area contributed by atoms with Gasteiger partial charge in [0.15, 0.2) is 0 Å². The molecule has 2 aromatic rings. The average molecular weight is 329 g/mol. The van der Waals surface area contributed by atoms with Crippen LogP contribution in [0.25, 0.3) is 0 Å². The molecular weight excluding hydrogens is 314 g/mol. The van der Waals surface area contributed by atoms with E-state index in [0.717, 1.165) is 6.07 Å². The van der Waals surface area contributed by atoms with Crippen LogP contribution >= 0.6 is 0 Å². The number of hydrogen-bond acceptors (Lipinski definition) is 5. The van der Waals surface area contributed by atoms with Gasteiger partial charge in [0.2, 0.25) is 11.7 Å². The Balaban J connectivity index is 2.27. The van der Waals surface area contributed by atoms with Gasteiger partial charge in [-0.05, 0) is 36.4 Å². The zero-order chi connectivity index (χ0) is 17.7. The minimum absolute atomic E-state index is 0.0138. The summed E-state index contributed by atoms with van der Waals surface area (Å²) in [5, 5.41) is 16.2. The maximum absolute atomic E-state index is 11.6. The van der Waals surface area contributed by atoms with Crippen LogP contribution in [0.2, 0.25) is 0 Å². The Morgan fingerprint density at radius 3 is 2.33 bits per heavy atom. The number of ether oxygens (including phenoxy) is 1. The molecule has 0 spiro atoms. The molecule has 0 radical (unpaired) electrons. The first-order valence-electron chi connectivity index (χ1n) is 6.96. The summed E-state index contributed by atoms with van der Waals surface area (Å²) in [6.07, 6.45) is 0. The molecule has 8 heteroatoms. The molecule has 0 unspecified atom stereocenters. The van der Waals surface area contributed by atoms with Gasteiger partial charge in [0, 0.05) is 31.3 Å². The maximum Gasteiger partial charge on any atom is 0.312 e. The molecular formula is C16H15N3O5. The van der Waals surface area contributed by atoms with Crippen LogP contribution in [-0.4, -0.2) is 23.8 Å².